The van der Waals surface area contributed by atoms with E-state index >= 15 is 0 Å². The maximum Gasteiger partial charge on any atom is 0.573 e. The summed E-state index contributed by atoms with van der Waals surface area (Å²) >= 11 is 0. The zero-order valence-corrected chi connectivity index (χ0v) is 13.9. The number of halogens is 4. The molecule has 0 unspecified atom stereocenters. The van der Waals surface area contributed by atoms with Crippen molar-refractivity contribution in [2.24, 2.45) is 7.05 Å². The van der Waals surface area contributed by atoms with Crippen LogP contribution in [0.5, 0.6) is 5.75 Å². The summed E-state index contributed by atoms with van der Waals surface area (Å²) in [5.41, 5.74) is 3.12. The predicted octanol–water partition coefficient (Wildman–Crippen LogP) is 2.80. The molecule has 0 bridgehead atoms. The minimum absolute atomic E-state index is 0.188. The second-order valence-corrected chi connectivity index (χ2v) is 5.54. The second kappa shape index (κ2) is 7.06. The van der Waals surface area contributed by atoms with Gasteiger partial charge in [0.2, 0.25) is 6.33 Å². The lowest BCUT2D eigenvalue weighted by Gasteiger charge is -2.10. The van der Waals surface area contributed by atoms with Gasteiger partial charge in [-0.2, -0.15) is 0 Å². The first-order valence-electron chi connectivity index (χ1n) is 7.58. The number of ether oxygens (including phenoxy) is 1. The van der Waals surface area contributed by atoms with E-state index in [4.69, 9.17) is 0 Å². The van der Waals surface area contributed by atoms with E-state index in [1.54, 1.807) is 7.05 Å². The number of aromatic nitrogens is 3. The summed E-state index contributed by atoms with van der Waals surface area (Å²) < 4.78 is 57.4. The van der Waals surface area contributed by atoms with Crippen LogP contribution in [0, 0.1) is 5.82 Å². The molecule has 6 nitrogen and oxygen atoms in total. The molecule has 3 rings (SSSR count). The molecular weight excluding hydrogens is 368 g/mol. The quantitative estimate of drug-likeness (QED) is 0.559. The van der Waals surface area contributed by atoms with Crippen molar-refractivity contribution >= 4 is 5.91 Å². The van der Waals surface area contributed by atoms with Crippen molar-refractivity contribution in [3.05, 3.63) is 66.5 Å². The average molecular weight is 381 g/mol. The predicted molar refractivity (Wildman–Crippen MR) is 85.6 cm³/mol. The number of nitrogens with one attached hydrogen (secondary N) is 1. The van der Waals surface area contributed by atoms with Crippen LogP contribution in [0.25, 0.3) is 11.1 Å². The summed E-state index contributed by atoms with van der Waals surface area (Å²) in [6.07, 6.45) is -1.96. The lowest BCUT2D eigenvalue weighted by molar-refractivity contribution is -0.642. The highest BCUT2D eigenvalue weighted by Crippen LogP contribution is 2.27. The van der Waals surface area contributed by atoms with Crippen LogP contribution >= 0.6 is 0 Å². The Kier molecular flexibility index (Phi) is 4.80. The van der Waals surface area contributed by atoms with Crippen molar-refractivity contribution in [1.29, 1.82) is 0 Å². The zero-order valence-electron chi connectivity index (χ0n) is 13.9. The standard InChI is InChI=1S/C17H12F4N4O2/c1-24-10-25(9-22-24)23-16(26)14-7-4-12(8-15(14)18)11-2-5-13(6-3-11)27-17(19,20)21/h2-10H,1H3/p+1. The monoisotopic (exact) mass is 381 g/mol. The van der Waals surface area contributed by atoms with E-state index in [0.29, 0.717) is 11.1 Å². The molecular formula is C17H13F4N4O2+. The minimum Gasteiger partial charge on any atom is -0.406 e. The number of carbonyl (C=O) groups is 1. The maximum atomic E-state index is 14.3. The first-order valence-corrected chi connectivity index (χ1v) is 7.58. The van der Waals surface area contributed by atoms with Crippen LogP contribution in [-0.2, 0) is 7.05 Å². The van der Waals surface area contributed by atoms with Crippen LogP contribution in [0.2, 0.25) is 0 Å². The van der Waals surface area contributed by atoms with Gasteiger partial charge in [0.15, 0.2) is 0 Å². The molecule has 140 valence electrons. The third-order valence-electron chi connectivity index (χ3n) is 3.52. The van der Waals surface area contributed by atoms with Gasteiger partial charge in [-0.3, -0.25) is 4.79 Å². The fourth-order valence-electron chi connectivity index (χ4n) is 2.34. The van der Waals surface area contributed by atoms with Gasteiger partial charge in [-0.1, -0.05) is 18.2 Å². The molecule has 1 amide bonds. The fraction of sp³-hybridized carbons (Fsp3) is 0.118. The third-order valence-corrected chi connectivity index (χ3v) is 3.52. The molecule has 0 spiro atoms. The average Bonchev–Trinajstić information content (AvgIpc) is 2.98. The number of aryl methyl sites for hydroxylation is 1. The normalized spacial score (nSPS) is 11.3. The van der Waals surface area contributed by atoms with Crippen molar-refractivity contribution in [3.8, 4) is 16.9 Å². The van der Waals surface area contributed by atoms with E-state index in [1.807, 2.05) is 0 Å². The number of rotatable bonds is 4. The number of carbonyl (C=O) groups excluding carboxylic acids is 1. The lowest BCUT2D eigenvalue weighted by atomic mass is 10.0. The van der Waals surface area contributed by atoms with Gasteiger partial charge in [0.05, 0.1) is 12.6 Å². The topological polar surface area (TPSA) is 60.0 Å². The van der Waals surface area contributed by atoms with Crippen LogP contribution in [-0.4, -0.2) is 22.1 Å². The molecule has 1 N–H and O–H groups in total. The van der Waals surface area contributed by atoms with E-state index in [1.165, 1.54) is 46.3 Å². The number of hydrogen-bond donors (Lipinski definition) is 1. The molecule has 0 aliphatic rings. The first kappa shape index (κ1) is 18.4. The lowest BCUT2D eigenvalue weighted by Crippen LogP contribution is -2.47. The molecule has 10 heteroatoms. The van der Waals surface area contributed by atoms with Gasteiger partial charge in [-0.25, -0.2) is 9.82 Å². The summed E-state index contributed by atoms with van der Waals surface area (Å²) in [5, 5.41) is 3.86. The molecule has 0 aliphatic carbocycles. The van der Waals surface area contributed by atoms with E-state index < -0.39 is 18.1 Å². The highest BCUT2D eigenvalue weighted by molar-refractivity contribution is 5.99. The van der Waals surface area contributed by atoms with Crippen LogP contribution in [0.4, 0.5) is 17.6 Å². The van der Waals surface area contributed by atoms with Crippen molar-refractivity contribution in [2.45, 2.75) is 6.36 Å². The summed E-state index contributed by atoms with van der Waals surface area (Å²) in [7, 11) is 1.66. The molecule has 0 atom stereocenters. The van der Waals surface area contributed by atoms with E-state index in [2.05, 4.69) is 15.3 Å². The molecule has 3 aromatic rings. The maximum absolute atomic E-state index is 14.3. The number of amides is 1. The Hall–Kier alpha value is -3.43. The van der Waals surface area contributed by atoms with Gasteiger partial charge in [-0.05, 0) is 35.4 Å². The van der Waals surface area contributed by atoms with Gasteiger partial charge >= 0.3 is 6.36 Å². The number of nitrogens with zero attached hydrogens (tertiary/aromatic N) is 3. The Morgan fingerprint density at radius 2 is 1.81 bits per heavy atom. The van der Waals surface area contributed by atoms with E-state index in [9.17, 15) is 22.4 Å². The van der Waals surface area contributed by atoms with Crippen molar-refractivity contribution in [2.75, 3.05) is 5.43 Å². The largest absolute Gasteiger partial charge is 0.573 e. The molecule has 2 aromatic carbocycles. The smallest absolute Gasteiger partial charge is 0.406 e. The second-order valence-electron chi connectivity index (χ2n) is 5.54. The third kappa shape index (κ3) is 4.60. The van der Waals surface area contributed by atoms with Gasteiger partial charge < -0.3 is 4.74 Å². The number of hydrogen-bond acceptors (Lipinski definition) is 3. The van der Waals surface area contributed by atoms with Crippen LogP contribution in [0.3, 0.4) is 0 Å². The highest BCUT2D eigenvalue weighted by atomic mass is 19.4. The Balaban J connectivity index is 1.77. The van der Waals surface area contributed by atoms with Crippen LogP contribution in [0.1, 0.15) is 10.4 Å². The summed E-state index contributed by atoms with van der Waals surface area (Å²) in [6.45, 7) is 0. The fourth-order valence-corrected chi connectivity index (χ4v) is 2.34. The Morgan fingerprint density at radius 3 is 2.37 bits per heavy atom. The number of alkyl halides is 3. The summed E-state index contributed by atoms with van der Waals surface area (Å²) in [4.78, 5) is 12.1. The van der Waals surface area contributed by atoms with E-state index in [-0.39, 0.29) is 11.3 Å². The number of benzene rings is 2. The molecule has 1 aromatic heterocycles. The van der Waals surface area contributed by atoms with Gasteiger partial charge in [-0.15, -0.1) is 22.5 Å². The molecule has 0 aliphatic heterocycles. The Labute approximate surface area is 150 Å². The summed E-state index contributed by atoms with van der Waals surface area (Å²) in [6, 6.07) is 8.88. The SMILES string of the molecule is Cn1c[n+](NC(=O)c2ccc(-c3ccc(OC(F)(F)F)cc3)cc2F)cn1. The van der Waals surface area contributed by atoms with Gasteiger partial charge in [0, 0.05) is 5.10 Å². The van der Waals surface area contributed by atoms with Crippen LogP contribution in [0.15, 0.2) is 55.1 Å². The molecule has 0 fully saturated rings. The van der Waals surface area contributed by atoms with Gasteiger partial charge in [0.25, 0.3) is 12.2 Å². The highest BCUT2D eigenvalue weighted by Gasteiger charge is 2.31. The molecule has 0 radical (unpaired) electrons. The van der Waals surface area contributed by atoms with Crippen molar-refractivity contribution in [1.82, 2.24) is 9.78 Å². The molecule has 0 saturated carbocycles. The Bertz CT molecular complexity index is 968. The first-order chi connectivity index (χ1) is 12.7. The minimum atomic E-state index is -4.78. The summed E-state index contributed by atoms with van der Waals surface area (Å²) in [5.74, 6) is -1.83. The Morgan fingerprint density at radius 1 is 1.15 bits per heavy atom. The molecule has 27 heavy (non-hydrogen) atoms. The molecule has 1 heterocycles. The van der Waals surface area contributed by atoms with E-state index in [0.717, 1.165) is 18.2 Å². The van der Waals surface area contributed by atoms with Crippen molar-refractivity contribution in [3.63, 3.8) is 0 Å². The van der Waals surface area contributed by atoms with Crippen LogP contribution < -0.4 is 14.8 Å². The van der Waals surface area contributed by atoms with Crippen molar-refractivity contribution < 1.29 is 31.8 Å². The van der Waals surface area contributed by atoms with Gasteiger partial charge in [0.1, 0.15) is 11.6 Å². The molecule has 0 saturated heterocycles. The zero-order chi connectivity index (χ0) is 19.6.